The van der Waals surface area contributed by atoms with Crippen LogP contribution in [0.4, 0.5) is 5.69 Å². The summed E-state index contributed by atoms with van der Waals surface area (Å²) in [4.78, 5) is 29.2. The first-order valence-corrected chi connectivity index (χ1v) is 6.65. The van der Waals surface area contributed by atoms with Crippen molar-refractivity contribution in [2.45, 2.75) is 13.8 Å². The van der Waals surface area contributed by atoms with Crippen LogP contribution in [-0.4, -0.2) is 15.9 Å². The van der Waals surface area contributed by atoms with Crippen molar-refractivity contribution in [2.75, 3.05) is 5.32 Å². The Hall–Kier alpha value is -2.82. The van der Waals surface area contributed by atoms with Crippen LogP contribution >= 0.6 is 0 Å². The van der Waals surface area contributed by atoms with Crippen LogP contribution in [0.2, 0.25) is 0 Å². The van der Waals surface area contributed by atoms with Gasteiger partial charge in [-0.15, -0.1) is 0 Å². The number of fused-ring (bicyclic) bond motifs is 1. The number of benzene rings is 2. The molecule has 3 N–H and O–H groups in total. The van der Waals surface area contributed by atoms with E-state index in [9.17, 15) is 9.59 Å². The van der Waals surface area contributed by atoms with Crippen LogP contribution in [0.1, 0.15) is 21.5 Å². The molecule has 0 saturated carbocycles. The lowest BCUT2D eigenvalue weighted by atomic mass is 10.1. The first kappa shape index (κ1) is 13.2. The highest BCUT2D eigenvalue weighted by atomic mass is 16.2. The van der Waals surface area contributed by atoms with Gasteiger partial charge >= 0.3 is 5.69 Å². The number of aromatic amines is 2. The van der Waals surface area contributed by atoms with Crippen molar-refractivity contribution < 1.29 is 4.79 Å². The number of para-hydroxylation sites is 2. The number of hydrogen-bond donors (Lipinski definition) is 3. The Morgan fingerprint density at radius 1 is 1.00 bits per heavy atom. The van der Waals surface area contributed by atoms with Crippen LogP contribution in [0.3, 0.4) is 0 Å². The van der Waals surface area contributed by atoms with E-state index in [2.05, 4.69) is 15.3 Å². The van der Waals surface area contributed by atoms with E-state index in [-0.39, 0.29) is 11.6 Å². The van der Waals surface area contributed by atoms with Gasteiger partial charge in [-0.2, -0.15) is 0 Å². The van der Waals surface area contributed by atoms with E-state index in [1.807, 2.05) is 32.0 Å². The fourth-order valence-corrected chi connectivity index (χ4v) is 2.44. The molecule has 106 valence electrons. The van der Waals surface area contributed by atoms with Crippen LogP contribution < -0.4 is 11.0 Å². The minimum Gasteiger partial charge on any atom is -0.321 e. The number of carbonyl (C=O) groups is 1. The van der Waals surface area contributed by atoms with Crippen molar-refractivity contribution in [3.63, 3.8) is 0 Å². The van der Waals surface area contributed by atoms with Gasteiger partial charge in [0.1, 0.15) is 0 Å². The molecule has 5 nitrogen and oxygen atoms in total. The number of nitrogens with one attached hydrogen (secondary N) is 3. The summed E-state index contributed by atoms with van der Waals surface area (Å²) in [7, 11) is 0. The molecular weight excluding hydrogens is 266 g/mol. The number of anilines is 1. The molecule has 21 heavy (non-hydrogen) atoms. The summed E-state index contributed by atoms with van der Waals surface area (Å²) in [6, 6.07) is 11.0. The van der Waals surface area contributed by atoms with Crippen LogP contribution in [0, 0.1) is 13.8 Å². The third kappa shape index (κ3) is 2.33. The van der Waals surface area contributed by atoms with Gasteiger partial charge in [-0.25, -0.2) is 4.79 Å². The molecule has 0 aliphatic carbocycles. The Bertz CT molecular complexity index is 870. The summed E-state index contributed by atoms with van der Waals surface area (Å²) in [5.74, 6) is -0.242. The predicted molar refractivity (Wildman–Crippen MR) is 82.8 cm³/mol. The van der Waals surface area contributed by atoms with Gasteiger partial charge in [0.25, 0.3) is 5.91 Å². The van der Waals surface area contributed by atoms with Gasteiger partial charge in [-0.3, -0.25) is 4.79 Å². The van der Waals surface area contributed by atoms with Gasteiger partial charge in [0, 0.05) is 5.69 Å². The monoisotopic (exact) mass is 281 g/mol. The molecule has 0 aliphatic rings. The lowest BCUT2D eigenvalue weighted by Crippen LogP contribution is -2.14. The SMILES string of the molecule is Cc1cccc(C)c1NC(=O)c1cccc2[nH]c(=O)[nH]c12. The van der Waals surface area contributed by atoms with Crippen LogP contribution in [0.5, 0.6) is 0 Å². The summed E-state index contributed by atoms with van der Waals surface area (Å²) in [6.07, 6.45) is 0. The quantitative estimate of drug-likeness (QED) is 0.675. The van der Waals surface area contributed by atoms with E-state index >= 15 is 0 Å². The lowest BCUT2D eigenvalue weighted by molar-refractivity contribution is 0.102. The number of hydrogen-bond acceptors (Lipinski definition) is 2. The summed E-state index contributed by atoms with van der Waals surface area (Å²) >= 11 is 0. The van der Waals surface area contributed by atoms with E-state index < -0.39 is 0 Å². The average molecular weight is 281 g/mol. The standard InChI is InChI=1S/C16H15N3O2/c1-9-5-3-6-10(2)13(9)18-15(20)11-7-4-8-12-14(11)19-16(21)17-12/h3-8H,1-2H3,(H,18,20)(H2,17,19,21). The average Bonchev–Trinajstić information content (AvgIpc) is 2.82. The molecule has 0 aliphatic heterocycles. The predicted octanol–water partition coefficient (Wildman–Crippen LogP) is 2.73. The number of aryl methyl sites for hydroxylation is 2. The highest BCUT2D eigenvalue weighted by molar-refractivity contribution is 6.11. The number of H-pyrrole nitrogens is 2. The van der Waals surface area contributed by atoms with E-state index in [4.69, 9.17) is 0 Å². The number of rotatable bonds is 2. The molecule has 0 fully saturated rings. The van der Waals surface area contributed by atoms with Gasteiger partial charge in [0.2, 0.25) is 0 Å². The van der Waals surface area contributed by atoms with Crippen molar-refractivity contribution in [3.8, 4) is 0 Å². The molecule has 1 aromatic heterocycles. The molecule has 0 atom stereocenters. The van der Waals surface area contributed by atoms with E-state index in [1.165, 1.54) is 0 Å². The molecule has 0 unspecified atom stereocenters. The Kier molecular flexibility index (Phi) is 3.10. The largest absolute Gasteiger partial charge is 0.323 e. The minimum atomic E-state index is -0.322. The second kappa shape index (κ2) is 4.94. The molecule has 3 aromatic rings. The highest BCUT2D eigenvalue weighted by Crippen LogP contribution is 2.21. The van der Waals surface area contributed by atoms with Crippen molar-refractivity contribution in [2.24, 2.45) is 0 Å². The zero-order valence-electron chi connectivity index (χ0n) is 11.8. The Labute approximate surface area is 121 Å². The maximum Gasteiger partial charge on any atom is 0.323 e. The van der Waals surface area contributed by atoms with E-state index in [0.29, 0.717) is 16.6 Å². The third-order valence-electron chi connectivity index (χ3n) is 3.52. The normalized spacial score (nSPS) is 10.8. The third-order valence-corrected chi connectivity index (χ3v) is 3.52. The zero-order chi connectivity index (χ0) is 15.0. The molecule has 3 rings (SSSR count). The van der Waals surface area contributed by atoms with Crippen molar-refractivity contribution in [1.82, 2.24) is 9.97 Å². The fraction of sp³-hybridized carbons (Fsp3) is 0.125. The summed E-state index contributed by atoms with van der Waals surface area (Å²) < 4.78 is 0. The van der Waals surface area contributed by atoms with Gasteiger partial charge < -0.3 is 15.3 Å². The topological polar surface area (TPSA) is 77.8 Å². The van der Waals surface area contributed by atoms with Gasteiger partial charge in [0.15, 0.2) is 0 Å². The molecule has 2 aromatic carbocycles. The molecular formula is C16H15N3O2. The Morgan fingerprint density at radius 3 is 2.38 bits per heavy atom. The first-order chi connectivity index (χ1) is 10.1. The molecule has 0 spiro atoms. The zero-order valence-corrected chi connectivity index (χ0v) is 11.8. The lowest BCUT2D eigenvalue weighted by Gasteiger charge is -2.11. The summed E-state index contributed by atoms with van der Waals surface area (Å²) in [5.41, 5.74) is 4.06. The van der Waals surface area contributed by atoms with Crippen molar-refractivity contribution >= 4 is 22.6 Å². The minimum absolute atomic E-state index is 0.242. The smallest absolute Gasteiger partial charge is 0.321 e. The van der Waals surface area contributed by atoms with Crippen LogP contribution in [-0.2, 0) is 0 Å². The van der Waals surface area contributed by atoms with Crippen LogP contribution in [0.15, 0.2) is 41.2 Å². The number of amides is 1. The number of aromatic nitrogens is 2. The molecule has 5 heteroatoms. The first-order valence-electron chi connectivity index (χ1n) is 6.65. The van der Waals surface area contributed by atoms with Gasteiger partial charge in [-0.05, 0) is 37.1 Å². The maximum absolute atomic E-state index is 12.5. The molecule has 1 amide bonds. The summed E-state index contributed by atoms with van der Waals surface area (Å²) in [5, 5.41) is 2.92. The van der Waals surface area contributed by atoms with Crippen molar-refractivity contribution in [3.05, 3.63) is 63.6 Å². The molecule has 0 radical (unpaired) electrons. The van der Waals surface area contributed by atoms with Gasteiger partial charge in [0.05, 0.1) is 16.6 Å². The van der Waals surface area contributed by atoms with Crippen molar-refractivity contribution in [1.29, 1.82) is 0 Å². The second-order valence-corrected chi connectivity index (χ2v) is 5.03. The van der Waals surface area contributed by atoms with Crippen LogP contribution in [0.25, 0.3) is 11.0 Å². The van der Waals surface area contributed by atoms with Gasteiger partial charge in [-0.1, -0.05) is 24.3 Å². The second-order valence-electron chi connectivity index (χ2n) is 5.03. The molecule has 1 heterocycles. The fourth-order valence-electron chi connectivity index (χ4n) is 2.44. The highest BCUT2D eigenvalue weighted by Gasteiger charge is 2.14. The number of imidazole rings is 1. The van der Waals surface area contributed by atoms with E-state index in [1.54, 1.807) is 18.2 Å². The number of carbonyl (C=O) groups excluding carboxylic acids is 1. The maximum atomic E-state index is 12.5. The molecule has 0 bridgehead atoms. The van der Waals surface area contributed by atoms with E-state index in [0.717, 1.165) is 16.8 Å². The Balaban J connectivity index is 2.03. The molecule has 0 saturated heterocycles. The Morgan fingerprint density at radius 2 is 1.67 bits per heavy atom. The summed E-state index contributed by atoms with van der Waals surface area (Å²) in [6.45, 7) is 3.89.